The third kappa shape index (κ3) is 2.20. The van der Waals surface area contributed by atoms with Gasteiger partial charge in [-0.15, -0.1) is 11.3 Å². The summed E-state index contributed by atoms with van der Waals surface area (Å²) in [4.78, 5) is 13.3. The highest BCUT2D eigenvalue weighted by Gasteiger charge is 2.13. The number of nitro groups is 1. The highest BCUT2D eigenvalue weighted by atomic mass is 32.1. The van der Waals surface area contributed by atoms with Gasteiger partial charge >= 0.3 is 0 Å². The van der Waals surface area contributed by atoms with Crippen molar-refractivity contribution in [3.8, 4) is 0 Å². The van der Waals surface area contributed by atoms with Crippen LogP contribution in [-0.4, -0.2) is 9.49 Å². The summed E-state index contributed by atoms with van der Waals surface area (Å²) in [6, 6.07) is 11.3. The van der Waals surface area contributed by atoms with Crippen molar-refractivity contribution >= 4 is 27.9 Å². The van der Waals surface area contributed by atoms with Crippen molar-refractivity contribution < 1.29 is 4.92 Å². The van der Waals surface area contributed by atoms with Crippen molar-refractivity contribution in [3.63, 3.8) is 0 Å². The van der Waals surface area contributed by atoms with Gasteiger partial charge in [-0.3, -0.25) is 10.1 Å². The van der Waals surface area contributed by atoms with Gasteiger partial charge < -0.3 is 4.57 Å². The summed E-state index contributed by atoms with van der Waals surface area (Å²) in [5, 5.41) is 11.7. The van der Waals surface area contributed by atoms with Crippen molar-refractivity contribution in [2.24, 2.45) is 0 Å². The van der Waals surface area contributed by atoms with Gasteiger partial charge in [0.15, 0.2) is 0 Å². The molecule has 3 aromatic rings. The van der Waals surface area contributed by atoms with Crippen LogP contribution < -0.4 is 0 Å². The number of hydrogen-bond acceptors (Lipinski definition) is 3. The van der Waals surface area contributed by atoms with Gasteiger partial charge in [-0.25, -0.2) is 0 Å². The number of rotatable bonds is 4. The third-order valence-corrected chi connectivity index (χ3v) is 4.59. The summed E-state index contributed by atoms with van der Waals surface area (Å²) in [5.74, 6) is 0. The molecule has 0 fully saturated rings. The van der Waals surface area contributed by atoms with Crippen LogP contribution >= 0.6 is 11.3 Å². The number of nitrogens with zero attached hydrogens (tertiary/aromatic N) is 2. The summed E-state index contributed by atoms with van der Waals surface area (Å²) < 4.78 is 2.06. The number of hydrogen-bond donors (Lipinski definition) is 0. The number of thiophene rings is 1. The average molecular weight is 286 g/mol. The maximum Gasteiger partial charge on any atom is 0.278 e. The van der Waals surface area contributed by atoms with Crippen LogP contribution in [0.25, 0.3) is 10.9 Å². The molecule has 5 heteroatoms. The van der Waals surface area contributed by atoms with Crippen molar-refractivity contribution in [2.75, 3.05) is 0 Å². The first-order valence-corrected chi connectivity index (χ1v) is 7.30. The zero-order valence-electron chi connectivity index (χ0n) is 11.1. The monoisotopic (exact) mass is 286 g/mol. The third-order valence-electron chi connectivity index (χ3n) is 3.38. The number of aryl methyl sites for hydroxylation is 1. The quantitative estimate of drug-likeness (QED) is 0.532. The molecular formula is C15H14N2O2S. The molecule has 2 heterocycles. The molecule has 3 rings (SSSR count). The first-order valence-electron chi connectivity index (χ1n) is 6.49. The molecule has 0 radical (unpaired) electrons. The van der Waals surface area contributed by atoms with Gasteiger partial charge in [-0.1, -0.05) is 13.0 Å². The van der Waals surface area contributed by atoms with Crippen molar-refractivity contribution in [3.05, 3.63) is 62.5 Å². The molecule has 0 unspecified atom stereocenters. The van der Waals surface area contributed by atoms with Gasteiger partial charge in [0.05, 0.1) is 22.4 Å². The Hall–Kier alpha value is -2.14. The van der Waals surface area contributed by atoms with Crippen LogP contribution in [0.3, 0.4) is 0 Å². The van der Waals surface area contributed by atoms with Crippen LogP contribution in [0.2, 0.25) is 0 Å². The second kappa shape index (κ2) is 5.09. The van der Waals surface area contributed by atoms with Crippen molar-refractivity contribution in [2.45, 2.75) is 19.9 Å². The van der Waals surface area contributed by atoms with Crippen molar-refractivity contribution in [1.29, 1.82) is 0 Å². The Balaban J connectivity index is 2.00. The molecule has 0 amide bonds. The molecule has 0 atom stereocenters. The van der Waals surface area contributed by atoms with E-state index in [0.29, 0.717) is 5.39 Å². The second-order valence-electron chi connectivity index (χ2n) is 4.63. The summed E-state index contributed by atoms with van der Waals surface area (Å²) in [5.41, 5.74) is 1.08. The van der Waals surface area contributed by atoms with Crippen LogP contribution in [0.1, 0.15) is 16.7 Å². The second-order valence-corrected chi connectivity index (χ2v) is 5.89. The van der Waals surface area contributed by atoms with Gasteiger partial charge in [0, 0.05) is 22.0 Å². The molecule has 0 N–H and O–H groups in total. The largest absolute Gasteiger partial charge is 0.342 e. The SMILES string of the molecule is CCc1ccc(Cn2ccc3c([N+](=O)[O-])cccc32)s1. The summed E-state index contributed by atoms with van der Waals surface area (Å²) >= 11 is 1.80. The molecule has 0 saturated heterocycles. The number of nitro benzene ring substituents is 1. The van der Waals surface area contributed by atoms with E-state index < -0.39 is 0 Å². The number of benzene rings is 1. The maximum atomic E-state index is 11.0. The lowest BCUT2D eigenvalue weighted by molar-refractivity contribution is -0.383. The van der Waals surface area contributed by atoms with Gasteiger partial charge in [0.25, 0.3) is 5.69 Å². The first-order chi connectivity index (χ1) is 9.69. The molecule has 20 heavy (non-hydrogen) atoms. The zero-order chi connectivity index (χ0) is 14.1. The van der Waals surface area contributed by atoms with Gasteiger partial charge in [-0.05, 0) is 30.7 Å². The fourth-order valence-corrected chi connectivity index (χ4v) is 3.33. The Labute approximate surface area is 120 Å². The standard InChI is InChI=1S/C15H14N2O2S/c1-2-11-6-7-12(20-11)10-16-9-8-13-14(16)4-3-5-15(13)17(18)19/h3-9H,2,10H2,1H3. The molecule has 102 valence electrons. The Morgan fingerprint density at radius 3 is 2.70 bits per heavy atom. The topological polar surface area (TPSA) is 48.1 Å². The van der Waals surface area contributed by atoms with Crippen LogP contribution in [0.5, 0.6) is 0 Å². The molecule has 0 bridgehead atoms. The number of fused-ring (bicyclic) bond motifs is 1. The molecule has 4 nitrogen and oxygen atoms in total. The lowest BCUT2D eigenvalue weighted by Crippen LogP contribution is -1.96. The summed E-state index contributed by atoms with van der Waals surface area (Å²) in [6.45, 7) is 2.90. The highest BCUT2D eigenvalue weighted by molar-refractivity contribution is 7.11. The first kappa shape index (κ1) is 12.9. The lowest BCUT2D eigenvalue weighted by atomic mass is 10.2. The summed E-state index contributed by atoms with van der Waals surface area (Å²) in [7, 11) is 0. The molecule has 0 aliphatic heterocycles. The fraction of sp³-hybridized carbons (Fsp3) is 0.200. The normalized spacial score (nSPS) is 11.1. The Morgan fingerprint density at radius 1 is 1.20 bits per heavy atom. The molecule has 0 aliphatic rings. The van der Waals surface area contributed by atoms with Gasteiger partial charge in [0.2, 0.25) is 0 Å². The molecule has 0 aliphatic carbocycles. The Morgan fingerprint density at radius 2 is 2.00 bits per heavy atom. The van der Waals surface area contributed by atoms with Gasteiger partial charge in [0.1, 0.15) is 0 Å². The van der Waals surface area contributed by atoms with Crippen molar-refractivity contribution in [1.82, 2.24) is 4.57 Å². The molecule has 1 aromatic carbocycles. The van der Waals surface area contributed by atoms with E-state index in [1.807, 2.05) is 18.3 Å². The van der Waals surface area contributed by atoms with E-state index in [1.165, 1.54) is 9.75 Å². The van der Waals surface area contributed by atoms with E-state index >= 15 is 0 Å². The minimum Gasteiger partial charge on any atom is -0.342 e. The number of non-ortho nitro benzene ring substituents is 1. The zero-order valence-corrected chi connectivity index (χ0v) is 11.9. The van der Waals surface area contributed by atoms with Crippen LogP contribution in [0.4, 0.5) is 5.69 Å². The highest BCUT2D eigenvalue weighted by Crippen LogP contribution is 2.27. The van der Waals surface area contributed by atoms with E-state index in [0.717, 1.165) is 18.5 Å². The van der Waals surface area contributed by atoms with E-state index in [1.54, 1.807) is 23.5 Å². The average Bonchev–Trinajstić information content (AvgIpc) is 3.06. The molecule has 2 aromatic heterocycles. The predicted octanol–water partition coefficient (Wildman–Crippen LogP) is 4.22. The molecule has 0 saturated carbocycles. The summed E-state index contributed by atoms with van der Waals surface area (Å²) in [6.07, 6.45) is 2.96. The minimum absolute atomic E-state index is 0.168. The number of aromatic nitrogens is 1. The Bertz CT molecular complexity index is 773. The van der Waals surface area contributed by atoms with Crippen LogP contribution in [0.15, 0.2) is 42.6 Å². The smallest absolute Gasteiger partial charge is 0.278 e. The fourth-order valence-electron chi connectivity index (χ4n) is 2.37. The van der Waals surface area contributed by atoms with E-state index in [4.69, 9.17) is 0 Å². The lowest BCUT2D eigenvalue weighted by Gasteiger charge is -2.03. The van der Waals surface area contributed by atoms with Gasteiger partial charge in [-0.2, -0.15) is 0 Å². The van der Waals surface area contributed by atoms with E-state index in [-0.39, 0.29) is 10.6 Å². The molecule has 0 spiro atoms. The van der Waals surface area contributed by atoms with E-state index in [2.05, 4.69) is 23.6 Å². The van der Waals surface area contributed by atoms with Crippen LogP contribution in [0, 0.1) is 10.1 Å². The van der Waals surface area contributed by atoms with E-state index in [9.17, 15) is 10.1 Å². The minimum atomic E-state index is -0.326. The molecular weight excluding hydrogens is 272 g/mol. The maximum absolute atomic E-state index is 11.0. The Kier molecular flexibility index (Phi) is 3.28. The van der Waals surface area contributed by atoms with Crippen LogP contribution in [-0.2, 0) is 13.0 Å². The predicted molar refractivity (Wildman–Crippen MR) is 81.4 cm³/mol.